The zero-order valence-corrected chi connectivity index (χ0v) is 12.2. The summed E-state index contributed by atoms with van der Waals surface area (Å²) in [6.07, 6.45) is 9.60. The van der Waals surface area contributed by atoms with Crippen LogP contribution in [-0.4, -0.2) is 29.1 Å². The predicted octanol–water partition coefficient (Wildman–Crippen LogP) is 2.38. The Labute approximate surface area is 116 Å². The third-order valence-electron chi connectivity index (χ3n) is 3.67. The van der Waals surface area contributed by atoms with Gasteiger partial charge in [0, 0.05) is 31.5 Å². The third-order valence-corrected chi connectivity index (χ3v) is 3.67. The van der Waals surface area contributed by atoms with Gasteiger partial charge in [0.2, 0.25) is 5.95 Å². The van der Waals surface area contributed by atoms with Gasteiger partial charge in [-0.05, 0) is 43.6 Å². The zero-order chi connectivity index (χ0) is 13.7. The molecule has 0 radical (unpaired) electrons. The van der Waals surface area contributed by atoms with E-state index >= 15 is 0 Å². The topological polar surface area (TPSA) is 55.0 Å². The molecule has 1 saturated carbocycles. The van der Waals surface area contributed by atoms with Gasteiger partial charge in [0.1, 0.15) is 0 Å². The molecule has 2 rings (SSSR count). The van der Waals surface area contributed by atoms with Gasteiger partial charge in [0.05, 0.1) is 0 Å². The Bertz CT molecular complexity index is 372. The van der Waals surface area contributed by atoms with Crippen molar-refractivity contribution in [2.45, 2.75) is 52.0 Å². The minimum Gasteiger partial charge on any atom is -0.341 e. The van der Waals surface area contributed by atoms with Gasteiger partial charge in [-0.1, -0.05) is 13.8 Å². The fraction of sp³-hybridized carbons (Fsp3) is 0.733. The summed E-state index contributed by atoms with van der Waals surface area (Å²) in [7, 11) is 0. The highest BCUT2D eigenvalue weighted by molar-refractivity contribution is 5.30. The summed E-state index contributed by atoms with van der Waals surface area (Å²) in [5.74, 6) is 1.74. The molecular formula is C15H26N4. The van der Waals surface area contributed by atoms with Gasteiger partial charge in [0.25, 0.3) is 0 Å². The number of hydrogen-bond donors (Lipinski definition) is 1. The van der Waals surface area contributed by atoms with Gasteiger partial charge < -0.3 is 10.6 Å². The lowest BCUT2D eigenvalue weighted by atomic mass is 10.1. The van der Waals surface area contributed by atoms with E-state index in [2.05, 4.69) is 28.7 Å². The molecular weight excluding hydrogens is 236 g/mol. The molecule has 4 nitrogen and oxygen atoms in total. The monoisotopic (exact) mass is 262 g/mol. The van der Waals surface area contributed by atoms with E-state index in [0.717, 1.165) is 49.8 Å². The standard InChI is InChI=1S/C15H26N4/c1-3-7-19(11-12-5-6-12)15-17-9-13(10-18-15)8-14(16)4-2/h9-10,12,14H,3-8,11,16H2,1-2H3. The van der Waals surface area contributed by atoms with Crippen molar-refractivity contribution in [3.63, 3.8) is 0 Å². The molecule has 1 unspecified atom stereocenters. The maximum atomic E-state index is 5.96. The molecule has 1 aliphatic rings. The van der Waals surface area contributed by atoms with Gasteiger partial charge in [-0.25, -0.2) is 9.97 Å². The molecule has 1 heterocycles. The Morgan fingerprint density at radius 2 is 2.00 bits per heavy atom. The van der Waals surface area contributed by atoms with Crippen molar-refractivity contribution in [3.05, 3.63) is 18.0 Å². The lowest BCUT2D eigenvalue weighted by Crippen LogP contribution is -2.28. The van der Waals surface area contributed by atoms with E-state index in [1.165, 1.54) is 12.8 Å². The van der Waals surface area contributed by atoms with E-state index in [9.17, 15) is 0 Å². The Kier molecular flexibility index (Phi) is 5.14. The quantitative estimate of drug-likeness (QED) is 0.781. The Morgan fingerprint density at radius 3 is 2.53 bits per heavy atom. The molecule has 4 heteroatoms. The highest BCUT2D eigenvalue weighted by atomic mass is 15.2. The average Bonchev–Trinajstić information content (AvgIpc) is 3.23. The smallest absolute Gasteiger partial charge is 0.225 e. The molecule has 0 saturated heterocycles. The van der Waals surface area contributed by atoms with E-state index in [-0.39, 0.29) is 6.04 Å². The molecule has 19 heavy (non-hydrogen) atoms. The van der Waals surface area contributed by atoms with Crippen molar-refractivity contribution in [1.82, 2.24) is 9.97 Å². The maximum absolute atomic E-state index is 5.96. The van der Waals surface area contributed by atoms with Gasteiger partial charge in [-0.15, -0.1) is 0 Å². The first-order chi connectivity index (χ1) is 9.22. The summed E-state index contributed by atoms with van der Waals surface area (Å²) < 4.78 is 0. The summed E-state index contributed by atoms with van der Waals surface area (Å²) >= 11 is 0. The highest BCUT2D eigenvalue weighted by Gasteiger charge is 2.25. The molecule has 0 aliphatic heterocycles. The fourth-order valence-corrected chi connectivity index (χ4v) is 2.22. The van der Waals surface area contributed by atoms with E-state index in [1.807, 2.05) is 12.4 Å². The van der Waals surface area contributed by atoms with Crippen molar-refractivity contribution < 1.29 is 0 Å². The van der Waals surface area contributed by atoms with E-state index < -0.39 is 0 Å². The van der Waals surface area contributed by atoms with Gasteiger partial charge >= 0.3 is 0 Å². The van der Waals surface area contributed by atoms with Crippen LogP contribution in [0.4, 0.5) is 5.95 Å². The molecule has 0 amide bonds. The Balaban J connectivity index is 1.97. The van der Waals surface area contributed by atoms with Gasteiger partial charge in [-0.3, -0.25) is 0 Å². The number of hydrogen-bond acceptors (Lipinski definition) is 4. The molecule has 1 atom stereocenters. The number of nitrogens with zero attached hydrogens (tertiary/aromatic N) is 3. The first-order valence-electron chi connectivity index (χ1n) is 7.54. The summed E-state index contributed by atoms with van der Waals surface area (Å²) in [4.78, 5) is 11.4. The summed E-state index contributed by atoms with van der Waals surface area (Å²) in [5.41, 5.74) is 7.10. The molecule has 0 aromatic carbocycles. The molecule has 2 N–H and O–H groups in total. The number of anilines is 1. The molecule has 1 fully saturated rings. The van der Waals surface area contributed by atoms with Crippen LogP contribution in [0.2, 0.25) is 0 Å². The first kappa shape index (κ1) is 14.3. The van der Waals surface area contributed by atoms with Crippen molar-refractivity contribution >= 4 is 5.95 Å². The highest BCUT2D eigenvalue weighted by Crippen LogP contribution is 2.30. The minimum absolute atomic E-state index is 0.215. The zero-order valence-electron chi connectivity index (χ0n) is 12.2. The minimum atomic E-state index is 0.215. The molecule has 1 aromatic heterocycles. The van der Waals surface area contributed by atoms with Crippen LogP contribution in [0.5, 0.6) is 0 Å². The van der Waals surface area contributed by atoms with Crippen LogP contribution in [0.25, 0.3) is 0 Å². The number of aromatic nitrogens is 2. The normalized spacial score (nSPS) is 16.4. The van der Waals surface area contributed by atoms with Gasteiger partial charge in [-0.2, -0.15) is 0 Å². The van der Waals surface area contributed by atoms with Gasteiger partial charge in [0.15, 0.2) is 0 Å². The van der Waals surface area contributed by atoms with E-state index in [4.69, 9.17) is 5.73 Å². The van der Waals surface area contributed by atoms with Crippen molar-refractivity contribution in [1.29, 1.82) is 0 Å². The second-order valence-corrected chi connectivity index (χ2v) is 5.65. The van der Waals surface area contributed by atoms with Crippen molar-refractivity contribution in [2.75, 3.05) is 18.0 Å². The number of rotatable bonds is 8. The molecule has 1 aliphatic carbocycles. The van der Waals surface area contributed by atoms with E-state index in [1.54, 1.807) is 0 Å². The Hall–Kier alpha value is -1.16. The predicted molar refractivity (Wildman–Crippen MR) is 79.2 cm³/mol. The summed E-state index contributed by atoms with van der Waals surface area (Å²) in [5, 5.41) is 0. The van der Waals surface area contributed by atoms with Crippen LogP contribution < -0.4 is 10.6 Å². The first-order valence-corrected chi connectivity index (χ1v) is 7.54. The van der Waals surface area contributed by atoms with Crippen molar-refractivity contribution in [3.8, 4) is 0 Å². The largest absolute Gasteiger partial charge is 0.341 e. The lowest BCUT2D eigenvalue weighted by molar-refractivity contribution is 0.641. The fourth-order valence-electron chi connectivity index (χ4n) is 2.22. The second-order valence-electron chi connectivity index (χ2n) is 5.65. The number of nitrogens with two attached hydrogens (primary N) is 1. The van der Waals surface area contributed by atoms with Crippen molar-refractivity contribution in [2.24, 2.45) is 11.7 Å². The Morgan fingerprint density at radius 1 is 1.32 bits per heavy atom. The SMILES string of the molecule is CCCN(CC1CC1)c1ncc(CC(N)CC)cn1. The van der Waals surface area contributed by atoms with Crippen LogP contribution >= 0.6 is 0 Å². The summed E-state index contributed by atoms with van der Waals surface area (Å²) in [6.45, 7) is 6.47. The van der Waals surface area contributed by atoms with Crippen LogP contribution in [0.1, 0.15) is 45.1 Å². The van der Waals surface area contributed by atoms with Crippen LogP contribution in [0.15, 0.2) is 12.4 Å². The van der Waals surface area contributed by atoms with Crippen LogP contribution in [0, 0.1) is 5.92 Å². The maximum Gasteiger partial charge on any atom is 0.225 e. The molecule has 1 aromatic rings. The summed E-state index contributed by atoms with van der Waals surface area (Å²) in [6, 6.07) is 0.215. The molecule has 106 valence electrons. The lowest BCUT2D eigenvalue weighted by Gasteiger charge is -2.22. The van der Waals surface area contributed by atoms with Crippen LogP contribution in [0.3, 0.4) is 0 Å². The average molecular weight is 262 g/mol. The molecule has 0 spiro atoms. The second kappa shape index (κ2) is 6.85. The van der Waals surface area contributed by atoms with Crippen LogP contribution in [-0.2, 0) is 6.42 Å². The van der Waals surface area contributed by atoms with E-state index in [0.29, 0.717) is 0 Å². The molecule has 0 bridgehead atoms. The third kappa shape index (κ3) is 4.46.